The minimum absolute atomic E-state index is 0.134. The number of aryl methyl sites for hydroxylation is 1. The van der Waals surface area contributed by atoms with Gasteiger partial charge in [-0.05, 0) is 70.0 Å². The Balaban J connectivity index is 1.90. The van der Waals surface area contributed by atoms with E-state index in [1.54, 1.807) is 0 Å². The molecule has 1 aromatic heterocycles. The summed E-state index contributed by atoms with van der Waals surface area (Å²) < 4.78 is 5.95. The average molecular weight is 440 g/mol. The number of pyridine rings is 1. The van der Waals surface area contributed by atoms with Gasteiger partial charge in [-0.25, -0.2) is 0 Å². The minimum Gasteiger partial charge on any atom is -0.493 e. The van der Waals surface area contributed by atoms with E-state index >= 15 is 0 Å². The maximum absolute atomic E-state index is 12.6. The number of carboxylic acids is 1. The second-order valence-corrected chi connectivity index (χ2v) is 10.3. The van der Waals surface area contributed by atoms with Crippen LogP contribution in [0.4, 0.5) is 0 Å². The molecule has 4 aromatic rings. The molecule has 0 fully saturated rings. The molecule has 5 rings (SSSR count). The van der Waals surface area contributed by atoms with E-state index in [9.17, 15) is 9.90 Å². The lowest BCUT2D eigenvalue weighted by Gasteiger charge is -2.28. The van der Waals surface area contributed by atoms with Crippen LogP contribution < -0.4 is 4.74 Å². The number of aliphatic carboxylic acids is 1. The van der Waals surface area contributed by atoms with Crippen molar-refractivity contribution < 1.29 is 14.6 Å². The van der Waals surface area contributed by atoms with Crippen molar-refractivity contribution in [2.45, 2.75) is 46.5 Å². The van der Waals surface area contributed by atoms with Gasteiger partial charge < -0.3 is 9.84 Å². The van der Waals surface area contributed by atoms with Crippen LogP contribution in [0.5, 0.6) is 5.75 Å². The zero-order valence-corrected chi connectivity index (χ0v) is 19.6. The fourth-order valence-corrected chi connectivity index (χ4v) is 5.27. The Morgan fingerprint density at radius 3 is 2.70 bits per heavy atom. The van der Waals surface area contributed by atoms with Crippen LogP contribution in [-0.2, 0) is 11.2 Å². The lowest BCUT2D eigenvalue weighted by Crippen LogP contribution is -2.21. The van der Waals surface area contributed by atoms with Crippen molar-refractivity contribution in [3.63, 3.8) is 0 Å². The number of fused-ring (bicyclic) bond motifs is 1. The van der Waals surface area contributed by atoms with Gasteiger partial charge in [0, 0.05) is 23.6 Å². The molecule has 1 aliphatic heterocycles. The smallest absolute Gasteiger partial charge is 0.311 e. The van der Waals surface area contributed by atoms with Crippen LogP contribution in [-0.4, -0.2) is 22.7 Å². The number of ether oxygens (including phenoxy) is 1. The van der Waals surface area contributed by atoms with Gasteiger partial charge >= 0.3 is 5.97 Å². The fraction of sp³-hybridized carbons (Fsp3) is 0.310. The highest BCUT2D eigenvalue weighted by molar-refractivity contribution is 6.08. The van der Waals surface area contributed by atoms with Crippen LogP contribution in [0.2, 0.25) is 0 Å². The van der Waals surface area contributed by atoms with E-state index in [0.717, 1.165) is 56.1 Å². The number of hydrogen-bond donors (Lipinski definition) is 1. The van der Waals surface area contributed by atoms with Crippen molar-refractivity contribution in [1.82, 2.24) is 4.98 Å². The number of rotatable bonds is 4. The van der Waals surface area contributed by atoms with Crippen molar-refractivity contribution >= 4 is 27.6 Å². The highest BCUT2D eigenvalue weighted by Crippen LogP contribution is 2.46. The van der Waals surface area contributed by atoms with E-state index in [4.69, 9.17) is 9.72 Å². The highest BCUT2D eigenvalue weighted by Gasteiger charge is 2.31. The van der Waals surface area contributed by atoms with Gasteiger partial charge in [0.2, 0.25) is 0 Å². The molecule has 4 nitrogen and oxygen atoms in total. The molecule has 0 unspecified atom stereocenters. The molecule has 0 saturated carbocycles. The zero-order chi connectivity index (χ0) is 23.3. The Kier molecular flexibility index (Phi) is 5.12. The van der Waals surface area contributed by atoms with E-state index in [2.05, 4.69) is 51.1 Å². The Labute approximate surface area is 194 Å². The number of benzene rings is 3. The van der Waals surface area contributed by atoms with Gasteiger partial charge in [-0.15, -0.1) is 0 Å². The van der Waals surface area contributed by atoms with Gasteiger partial charge in [-0.3, -0.25) is 9.78 Å². The lowest BCUT2D eigenvalue weighted by atomic mass is 9.76. The Morgan fingerprint density at radius 2 is 1.94 bits per heavy atom. The summed E-state index contributed by atoms with van der Waals surface area (Å²) in [6.45, 7) is 8.99. The Morgan fingerprint density at radius 1 is 1.15 bits per heavy atom. The molecule has 0 amide bonds. The summed E-state index contributed by atoms with van der Waals surface area (Å²) in [4.78, 5) is 17.4. The first-order valence-corrected chi connectivity index (χ1v) is 11.5. The summed E-state index contributed by atoms with van der Waals surface area (Å²) in [5.74, 6) is -0.554. The van der Waals surface area contributed by atoms with Gasteiger partial charge in [0.1, 0.15) is 5.75 Å². The molecule has 0 spiro atoms. The summed E-state index contributed by atoms with van der Waals surface area (Å²) in [6, 6.07) is 16.5. The van der Waals surface area contributed by atoms with Crippen LogP contribution in [0.3, 0.4) is 0 Å². The SMILES string of the molecule is Cc1cc2ccccc2c(-c2ccc3c4c(ccnc24)CCO3)c1[C@H](CC(C)(C)C)C(=O)O. The van der Waals surface area contributed by atoms with Gasteiger partial charge in [0.05, 0.1) is 18.0 Å². The Bertz CT molecular complexity index is 1390. The van der Waals surface area contributed by atoms with E-state index in [-0.39, 0.29) is 5.41 Å². The predicted molar refractivity (Wildman–Crippen MR) is 133 cm³/mol. The number of hydrogen-bond acceptors (Lipinski definition) is 3. The van der Waals surface area contributed by atoms with Crippen molar-refractivity contribution in [3.05, 3.63) is 71.4 Å². The highest BCUT2D eigenvalue weighted by atomic mass is 16.5. The molecule has 2 heterocycles. The summed E-state index contributed by atoms with van der Waals surface area (Å²) in [6.07, 6.45) is 3.25. The van der Waals surface area contributed by atoms with Crippen molar-refractivity contribution in [2.24, 2.45) is 5.41 Å². The molecule has 1 aliphatic rings. The molecule has 33 heavy (non-hydrogen) atoms. The lowest BCUT2D eigenvalue weighted by molar-refractivity contribution is -0.139. The van der Waals surface area contributed by atoms with Crippen molar-refractivity contribution in [2.75, 3.05) is 6.61 Å². The molecule has 1 N–H and O–H groups in total. The third kappa shape index (κ3) is 3.74. The summed E-state index contributed by atoms with van der Waals surface area (Å²) in [5, 5.41) is 13.6. The molecule has 0 bridgehead atoms. The predicted octanol–water partition coefficient (Wildman–Crippen LogP) is 6.90. The van der Waals surface area contributed by atoms with Crippen LogP contribution in [0.15, 0.2) is 54.7 Å². The van der Waals surface area contributed by atoms with E-state index in [0.29, 0.717) is 13.0 Å². The number of carboxylic acid groups (broad SMARTS) is 1. The summed E-state index contributed by atoms with van der Waals surface area (Å²) in [7, 11) is 0. The quantitative estimate of drug-likeness (QED) is 0.376. The topological polar surface area (TPSA) is 59.4 Å². The standard InChI is InChI=1S/C29H29NO3/c1-17-15-19-7-5-6-8-20(19)26(24(17)22(28(31)32)16-29(2,3)4)21-9-10-23-25-18(12-14-33-23)11-13-30-27(21)25/h5-11,13,15,22H,12,14,16H2,1-4H3,(H,31,32)/t22-/m0/s1. The number of nitrogens with zero attached hydrogens (tertiary/aromatic N) is 1. The van der Waals surface area contributed by atoms with Gasteiger partial charge in [-0.2, -0.15) is 0 Å². The second kappa shape index (κ2) is 7.87. The zero-order valence-electron chi connectivity index (χ0n) is 19.6. The first-order chi connectivity index (χ1) is 15.7. The molecule has 0 radical (unpaired) electrons. The second-order valence-electron chi connectivity index (χ2n) is 10.3. The van der Waals surface area contributed by atoms with Crippen LogP contribution >= 0.6 is 0 Å². The van der Waals surface area contributed by atoms with Crippen molar-refractivity contribution in [1.29, 1.82) is 0 Å². The minimum atomic E-state index is -0.788. The number of carbonyl (C=O) groups is 1. The molecule has 0 aliphatic carbocycles. The van der Waals surface area contributed by atoms with E-state index in [1.807, 2.05) is 31.3 Å². The van der Waals surface area contributed by atoms with Gasteiger partial charge in [-0.1, -0.05) is 51.1 Å². The molecule has 168 valence electrons. The van der Waals surface area contributed by atoms with Crippen LogP contribution in [0, 0.1) is 12.3 Å². The van der Waals surface area contributed by atoms with E-state index < -0.39 is 11.9 Å². The fourth-order valence-electron chi connectivity index (χ4n) is 5.27. The van der Waals surface area contributed by atoms with Crippen LogP contribution in [0.1, 0.15) is 49.8 Å². The van der Waals surface area contributed by atoms with E-state index in [1.165, 1.54) is 5.56 Å². The van der Waals surface area contributed by atoms with Gasteiger partial charge in [0.15, 0.2) is 0 Å². The molecule has 4 heteroatoms. The third-order valence-corrected chi connectivity index (χ3v) is 6.60. The Hall–Kier alpha value is -3.40. The first kappa shape index (κ1) is 21.4. The molecular weight excluding hydrogens is 410 g/mol. The summed E-state index contributed by atoms with van der Waals surface area (Å²) in [5.41, 5.74) is 5.80. The molecular formula is C29H29NO3. The average Bonchev–Trinajstić information content (AvgIpc) is 2.77. The van der Waals surface area contributed by atoms with Gasteiger partial charge in [0.25, 0.3) is 0 Å². The molecule has 1 atom stereocenters. The first-order valence-electron chi connectivity index (χ1n) is 11.5. The van der Waals surface area contributed by atoms with Crippen LogP contribution in [0.25, 0.3) is 32.8 Å². The molecule has 3 aromatic carbocycles. The maximum atomic E-state index is 12.6. The summed E-state index contributed by atoms with van der Waals surface area (Å²) >= 11 is 0. The molecule has 0 saturated heterocycles. The normalized spacial score (nSPS) is 14.3. The third-order valence-electron chi connectivity index (χ3n) is 6.60. The largest absolute Gasteiger partial charge is 0.493 e. The number of aromatic nitrogens is 1. The van der Waals surface area contributed by atoms with Crippen molar-refractivity contribution in [3.8, 4) is 16.9 Å². The monoisotopic (exact) mass is 439 g/mol. The maximum Gasteiger partial charge on any atom is 0.311 e.